The molecule has 0 aromatic heterocycles. The van der Waals surface area contributed by atoms with Crippen LogP contribution in [0.4, 0.5) is 10.1 Å². The van der Waals surface area contributed by atoms with E-state index in [0.717, 1.165) is 6.42 Å². The molecule has 1 unspecified atom stereocenters. The quantitative estimate of drug-likeness (QED) is 0.843. The molecule has 0 amide bonds. The van der Waals surface area contributed by atoms with E-state index in [1.165, 1.54) is 12.1 Å². The largest absolute Gasteiger partial charge is 0.379 e. The molecule has 1 rings (SSSR count). The summed E-state index contributed by atoms with van der Waals surface area (Å²) >= 11 is 0. The molecule has 1 atom stereocenters. The zero-order chi connectivity index (χ0) is 12.0. The van der Waals surface area contributed by atoms with Gasteiger partial charge in [-0.1, -0.05) is 6.92 Å². The number of hydrogen-bond acceptors (Lipinski definition) is 3. The van der Waals surface area contributed by atoms with E-state index in [1.807, 2.05) is 19.1 Å². The van der Waals surface area contributed by atoms with Crippen LogP contribution in [-0.2, 0) is 0 Å². The highest BCUT2D eigenvalue weighted by atomic mass is 19.1. The molecule has 0 saturated carbocycles. The third-order valence-electron chi connectivity index (χ3n) is 2.29. The lowest BCUT2D eigenvalue weighted by Gasteiger charge is -2.15. The number of nitrogens with zero attached hydrogens (tertiary/aromatic N) is 2. The molecular weight excluding hydrogens is 205 g/mol. The minimum Gasteiger partial charge on any atom is -0.379 e. The topological polar surface area (TPSA) is 59.6 Å². The van der Waals surface area contributed by atoms with E-state index in [4.69, 9.17) is 10.5 Å². The minimum atomic E-state index is -0.463. The molecule has 1 aromatic carbocycles. The normalized spacial score (nSPS) is 11.2. The lowest BCUT2D eigenvalue weighted by molar-refractivity contribution is 0.621. The van der Waals surface area contributed by atoms with Crippen molar-refractivity contribution >= 4 is 5.69 Å². The van der Waals surface area contributed by atoms with Crippen LogP contribution < -0.4 is 5.32 Å². The predicted octanol–water partition coefficient (Wildman–Crippen LogP) is 2.80. The summed E-state index contributed by atoms with van der Waals surface area (Å²) in [5.41, 5.74) is 0.623. The smallest absolute Gasteiger partial charge is 0.147 e. The van der Waals surface area contributed by atoms with E-state index in [9.17, 15) is 4.39 Å². The van der Waals surface area contributed by atoms with E-state index in [2.05, 4.69) is 5.32 Å². The van der Waals surface area contributed by atoms with Crippen LogP contribution >= 0.6 is 0 Å². The van der Waals surface area contributed by atoms with Crippen LogP contribution in [0.15, 0.2) is 18.2 Å². The van der Waals surface area contributed by atoms with Gasteiger partial charge in [-0.15, -0.1) is 0 Å². The van der Waals surface area contributed by atoms with E-state index in [0.29, 0.717) is 12.1 Å². The molecule has 0 fully saturated rings. The van der Waals surface area contributed by atoms with Gasteiger partial charge >= 0.3 is 0 Å². The van der Waals surface area contributed by atoms with Gasteiger partial charge in [0.05, 0.1) is 29.8 Å². The summed E-state index contributed by atoms with van der Waals surface area (Å²) in [7, 11) is 0. The van der Waals surface area contributed by atoms with Crippen LogP contribution in [0.3, 0.4) is 0 Å². The molecule has 82 valence electrons. The first-order valence-corrected chi connectivity index (χ1v) is 5.04. The standard InChI is InChI=1S/C12H12FN3/c1-2-10(5-6-14)16-12-4-3-9(8-15)7-11(12)13/h3-4,7,10,16H,2,5H2,1H3. The minimum absolute atomic E-state index is 0.0626. The number of nitriles is 2. The number of benzene rings is 1. The Hall–Kier alpha value is -2.07. The maximum absolute atomic E-state index is 13.5. The SMILES string of the molecule is CCC(CC#N)Nc1ccc(C#N)cc1F. The van der Waals surface area contributed by atoms with E-state index in [-0.39, 0.29) is 11.6 Å². The van der Waals surface area contributed by atoms with Crippen molar-refractivity contribution in [3.8, 4) is 12.1 Å². The molecule has 0 spiro atoms. The highest BCUT2D eigenvalue weighted by Gasteiger charge is 2.09. The molecule has 0 heterocycles. The number of hydrogen-bond donors (Lipinski definition) is 1. The average molecular weight is 217 g/mol. The molecule has 3 nitrogen and oxygen atoms in total. The van der Waals surface area contributed by atoms with Gasteiger partial charge < -0.3 is 5.32 Å². The van der Waals surface area contributed by atoms with Crippen molar-refractivity contribution in [2.24, 2.45) is 0 Å². The second-order valence-electron chi connectivity index (χ2n) is 3.42. The molecule has 0 radical (unpaired) electrons. The maximum Gasteiger partial charge on any atom is 0.147 e. The maximum atomic E-state index is 13.5. The van der Waals surface area contributed by atoms with Gasteiger partial charge in [-0.25, -0.2) is 4.39 Å². The Labute approximate surface area is 94.1 Å². The summed E-state index contributed by atoms with van der Waals surface area (Å²) in [6, 6.07) is 8.10. The molecule has 0 saturated heterocycles. The summed E-state index contributed by atoms with van der Waals surface area (Å²) in [5, 5.41) is 20.1. The summed E-state index contributed by atoms with van der Waals surface area (Å²) in [6.07, 6.45) is 1.07. The Balaban J connectivity index is 2.82. The Bertz CT molecular complexity index is 443. The number of rotatable bonds is 4. The van der Waals surface area contributed by atoms with Gasteiger partial charge in [-0.2, -0.15) is 10.5 Å². The Morgan fingerprint density at radius 2 is 2.19 bits per heavy atom. The summed E-state index contributed by atoms with van der Waals surface area (Å²) in [5.74, 6) is -0.463. The molecule has 0 aliphatic rings. The second kappa shape index (κ2) is 5.72. The van der Waals surface area contributed by atoms with Crippen LogP contribution in [0.5, 0.6) is 0 Å². The summed E-state index contributed by atoms with van der Waals surface area (Å²) in [4.78, 5) is 0. The predicted molar refractivity (Wildman–Crippen MR) is 59.0 cm³/mol. The van der Waals surface area contributed by atoms with Gasteiger partial charge in [0, 0.05) is 6.04 Å². The van der Waals surface area contributed by atoms with Crippen molar-refractivity contribution in [3.63, 3.8) is 0 Å². The van der Waals surface area contributed by atoms with Gasteiger partial charge in [-0.05, 0) is 24.6 Å². The van der Waals surface area contributed by atoms with Gasteiger partial charge in [0.25, 0.3) is 0 Å². The van der Waals surface area contributed by atoms with Crippen LogP contribution in [-0.4, -0.2) is 6.04 Å². The van der Waals surface area contributed by atoms with Crippen molar-refractivity contribution in [1.82, 2.24) is 0 Å². The monoisotopic (exact) mass is 217 g/mol. The van der Waals surface area contributed by atoms with Gasteiger partial charge in [-0.3, -0.25) is 0 Å². The van der Waals surface area contributed by atoms with Crippen molar-refractivity contribution in [1.29, 1.82) is 10.5 Å². The van der Waals surface area contributed by atoms with E-state index < -0.39 is 5.82 Å². The molecular formula is C12H12FN3. The lowest BCUT2D eigenvalue weighted by Crippen LogP contribution is -2.18. The molecule has 0 bridgehead atoms. The lowest BCUT2D eigenvalue weighted by atomic mass is 10.1. The van der Waals surface area contributed by atoms with Crippen molar-refractivity contribution in [2.75, 3.05) is 5.32 Å². The fourth-order valence-corrected chi connectivity index (χ4v) is 1.33. The highest BCUT2D eigenvalue weighted by Crippen LogP contribution is 2.17. The molecule has 1 aromatic rings. The highest BCUT2D eigenvalue weighted by molar-refractivity contribution is 5.49. The summed E-state index contributed by atoms with van der Waals surface area (Å²) < 4.78 is 13.5. The van der Waals surface area contributed by atoms with E-state index >= 15 is 0 Å². The van der Waals surface area contributed by atoms with Crippen LogP contribution in [0.2, 0.25) is 0 Å². The van der Waals surface area contributed by atoms with Crippen LogP contribution in [0.25, 0.3) is 0 Å². The fourth-order valence-electron chi connectivity index (χ4n) is 1.33. The second-order valence-corrected chi connectivity index (χ2v) is 3.42. The van der Waals surface area contributed by atoms with Crippen LogP contribution in [0, 0.1) is 28.5 Å². The first kappa shape index (κ1) is 12.0. The zero-order valence-electron chi connectivity index (χ0n) is 9.00. The third kappa shape index (κ3) is 2.96. The third-order valence-corrected chi connectivity index (χ3v) is 2.29. The van der Waals surface area contributed by atoms with Crippen molar-refractivity contribution in [3.05, 3.63) is 29.6 Å². The molecule has 0 aliphatic carbocycles. The zero-order valence-corrected chi connectivity index (χ0v) is 9.00. The Morgan fingerprint density at radius 1 is 1.44 bits per heavy atom. The van der Waals surface area contributed by atoms with E-state index in [1.54, 1.807) is 6.07 Å². The number of anilines is 1. The molecule has 0 aliphatic heterocycles. The number of nitrogens with one attached hydrogen (secondary N) is 1. The van der Waals surface area contributed by atoms with Gasteiger partial charge in [0.1, 0.15) is 5.82 Å². The molecule has 1 N–H and O–H groups in total. The molecule has 4 heteroatoms. The van der Waals surface area contributed by atoms with Crippen molar-refractivity contribution < 1.29 is 4.39 Å². The van der Waals surface area contributed by atoms with Gasteiger partial charge in [0.15, 0.2) is 0 Å². The Kier molecular flexibility index (Phi) is 4.29. The Morgan fingerprint density at radius 3 is 2.69 bits per heavy atom. The fraction of sp³-hybridized carbons (Fsp3) is 0.333. The molecule has 16 heavy (non-hydrogen) atoms. The first-order chi connectivity index (χ1) is 7.71. The van der Waals surface area contributed by atoms with Gasteiger partial charge in [0.2, 0.25) is 0 Å². The van der Waals surface area contributed by atoms with Crippen LogP contribution in [0.1, 0.15) is 25.3 Å². The first-order valence-electron chi connectivity index (χ1n) is 5.04. The summed E-state index contributed by atoms with van der Waals surface area (Å²) in [6.45, 7) is 1.93. The number of halogens is 1. The van der Waals surface area contributed by atoms with Crippen molar-refractivity contribution in [2.45, 2.75) is 25.8 Å². The average Bonchev–Trinajstić information content (AvgIpc) is 2.30.